The summed E-state index contributed by atoms with van der Waals surface area (Å²) in [5, 5.41) is 35.3. The molecule has 3 N–H and O–H groups in total. The molecule has 5 aromatic rings. The molecule has 5 heterocycles. The number of piperidine rings is 1. The number of amides is 2. The van der Waals surface area contributed by atoms with Crippen molar-refractivity contribution in [2.75, 3.05) is 48.2 Å². The first-order valence-corrected chi connectivity index (χ1v) is 16.5. The zero-order chi connectivity index (χ0) is 34.0. The molecule has 17 heteroatoms. The van der Waals surface area contributed by atoms with Crippen molar-refractivity contribution in [3.8, 4) is 11.5 Å². The van der Waals surface area contributed by atoms with E-state index in [0.29, 0.717) is 51.9 Å². The number of pyridine rings is 1. The lowest BCUT2D eigenvalue weighted by Crippen LogP contribution is -2.39. The number of rotatable bonds is 14. The standard InChI is InChI=1S/C32H36N12O4S/c1-47-25-8-6-21(17-26(25)48-2)19-44-20-24(37-42-44)7-11-29(45)35-27-9-10-28(39-38-27)43-15-12-22(13-16-43)34-31-40-41-32(49-31)36-30(46)18-23-5-3-4-14-33-23/h3-6,8-10,14,17,20,22H,7,11-13,15-16,18-19H2,1-2H3,(H,34,40)(H,35,38,45)(H,36,41,46). The molecule has 0 bridgehead atoms. The number of aryl methyl sites for hydroxylation is 1. The third-order valence-electron chi connectivity index (χ3n) is 7.79. The average Bonchev–Trinajstić information content (AvgIpc) is 3.77. The lowest BCUT2D eigenvalue weighted by Gasteiger charge is -2.32. The van der Waals surface area contributed by atoms with Crippen molar-refractivity contribution in [3.63, 3.8) is 0 Å². The molecule has 49 heavy (non-hydrogen) atoms. The molecule has 0 atom stereocenters. The molecule has 254 valence electrons. The van der Waals surface area contributed by atoms with Gasteiger partial charge in [-0.05, 0) is 54.8 Å². The van der Waals surface area contributed by atoms with Crippen molar-refractivity contribution in [3.05, 3.63) is 77.9 Å². The fraction of sp³-hybridized carbons (Fsp3) is 0.344. The third-order valence-corrected chi connectivity index (χ3v) is 8.56. The van der Waals surface area contributed by atoms with Crippen LogP contribution in [0.5, 0.6) is 11.5 Å². The molecule has 1 fully saturated rings. The van der Waals surface area contributed by atoms with Gasteiger partial charge in [0.05, 0.1) is 32.9 Å². The van der Waals surface area contributed by atoms with Gasteiger partial charge in [0.1, 0.15) is 0 Å². The zero-order valence-corrected chi connectivity index (χ0v) is 27.9. The lowest BCUT2D eigenvalue weighted by atomic mass is 10.1. The quantitative estimate of drug-likeness (QED) is 0.155. The summed E-state index contributed by atoms with van der Waals surface area (Å²) in [7, 11) is 3.19. The molecule has 0 aliphatic carbocycles. The minimum atomic E-state index is -0.189. The van der Waals surface area contributed by atoms with E-state index in [1.807, 2.05) is 42.6 Å². The van der Waals surface area contributed by atoms with Gasteiger partial charge in [0, 0.05) is 50.1 Å². The Balaban J connectivity index is 0.903. The Bertz CT molecular complexity index is 1840. The summed E-state index contributed by atoms with van der Waals surface area (Å²) in [5.74, 6) is 2.07. The Kier molecular flexibility index (Phi) is 10.8. The zero-order valence-electron chi connectivity index (χ0n) is 27.1. The Morgan fingerprint density at radius 3 is 2.47 bits per heavy atom. The molecule has 1 saturated heterocycles. The number of carbonyl (C=O) groups excluding carboxylic acids is 2. The van der Waals surface area contributed by atoms with Gasteiger partial charge in [0.15, 0.2) is 23.1 Å². The van der Waals surface area contributed by atoms with E-state index < -0.39 is 0 Å². The van der Waals surface area contributed by atoms with E-state index in [4.69, 9.17) is 9.47 Å². The first-order valence-electron chi connectivity index (χ1n) is 15.7. The van der Waals surface area contributed by atoms with E-state index in [0.717, 1.165) is 37.3 Å². The first-order chi connectivity index (χ1) is 23.9. The fourth-order valence-electron chi connectivity index (χ4n) is 5.29. The molecule has 0 spiro atoms. The van der Waals surface area contributed by atoms with Crippen LogP contribution < -0.4 is 30.3 Å². The highest BCUT2D eigenvalue weighted by molar-refractivity contribution is 7.19. The molecule has 0 radical (unpaired) electrons. The highest BCUT2D eigenvalue weighted by atomic mass is 32.1. The van der Waals surface area contributed by atoms with Crippen molar-refractivity contribution in [1.82, 2.24) is 40.4 Å². The van der Waals surface area contributed by atoms with E-state index in [1.165, 1.54) is 11.3 Å². The molecule has 0 saturated carbocycles. The van der Waals surface area contributed by atoms with Crippen LogP contribution in [0.25, 0.3) is 0 Å². The Morgan fingerprint density at radius 1 is 0.878 bits per heavy atom. The van der Waals surface area contributed by atoms with Gasteiger partial charge in [-0.15, -0.1) is 25.5 Å². The molecule has 2 amide bonds. The minimum Gasteiger partial charge on any atom is -0.493 e. The molecule has 1 aromatic carbocycles. The minimum absolute atomic E-state index is 0.174. The van der Waals surface area contributed by atoms with Gasteiger partial charge >= 0.3 is 0 Å². The molecule has 0 unspecified atom stereocenters. The predicted octanol–water partition coefficient (Wildman–Crippen LogP) is 3.21. The fourth-order valence-corrected chi connectivity index (χ4v) is 6.03. The SMILES string of the molecule is COc1ccc(Cn2cc(CCC(=O)Nc3ccc(N4CCC(Nc5nnc(NC(=O)Cc6ccccn6)s5)CC4)nn3)nn2)cc1OC. The Labute approximate surface area is 286 Å². The van der Waals surface area contributed by atoms with Crippen LogP contribution in [0.2, 0.25) is 0 Å². The molecule has 1 aliphatic rings. The number of anilines is 4. The summed E-state index contributed by atoms with van der Waals surface area (Å²) in [6.07, 6.45) is 6.05. The van der Waals surface area contributed by atoms with Gasteiger partial charge in [-0.2, -0.15) is 0 Å². The smallest absolute Gasteiger partial charge is 0.232 e. The monoisotopic (exact) mass is 684 g/mol. The summed E-state index contributed by atoms with van der Waals surface area (Å²) in [5.41, 5.74) is 2.39. The first kappa shape index (κ1) is 33.2. The van der Waals surface area contributed by atoms with Crippen LogP contribution in [0.15, 0.2) is 60.9 Å². The van der Waals surface area contributed by atoms with Crippen molar-refractivity contribution in [2.24, 2.45) is 0 Å². The topological polar surface area (TPSA) is 187 Å². The number of nitrogens with one attached hydrogen (secondary N) is 3. The van der Waals surface area contributed by atoms with Gasteiger partial charge in [0.2, 0.25) is 22.1 Å². The highest BCUT2D eigenvalue weighted by Crippen LogP contribution is 2.28. The normalized spacial score (nSPS) is 13.1. The summed E-state index contributed by atoms with van der Waals surface area (Å²) in [4.78, 5) is 31.2. The second kappa shape index (κ2) is 15.9. The van der Waals surface area contributed by atoms with Crippen LogP contribution in [0.3, 0.4) is 0 Å². The summed E-state index contributed by atoms with van der Waals surface area (Å²) >= 11 is 1.30. The van der Waals surface area contributed by atoms with E-state index >= 15 is 0 Å². The third kappa shape index (κ3) is 9.22. The largest absolute Gasteiger partial charge is 0.493 e. The number of ether oxygens (including phenoxy) is 2. The average molecular weight is 685 g/mol. The summed E-state index contributed by atoms with van der Waals surface area (Å²) in [6.45, 7) is 2.06. The number of hydrogen-bond donors (Lipinski definition) is 3. The van der Waals surface area contributed by atoms with E-state index in [9.17, 15) is 9.59 Å². The van der Waals surface area contributed by atoms with Crippen molar-refractivity contribution < 1.29 is 19.1 Å². The van der Waals surface area contributed by atoms with Crippen LogP contribution in [0, 0.1) is 0 Å². The lowest BCUT2D eigenvalue weighted by molar-refractivity contribution is -0.116. The van der Waals surface area contributed by atoms with Crippen molar-refractivity contribution in [2.45, 2.75) is 44.7 Å². The molecule has 16 nitrogen and oxygen atoms in total. The number of hydrogen-bond acceptors (Lipinski definition) is 14. The molecular formula is C32H36N12O4S. The number of methoxy groups -OCH3 is 2. The summed E-state index contributed by atoms with van der Waals surface area (Å²) < 4.78 is 12.4. The predicted molar refractivity (Wildman–Crippen MR) is 183 cm³/mol. The van der Waals surface area contributed by atoms with Gasteiger partial charge < -0.3 is 30.3 Å². The number of aromatic nitrogens is 8. The second-order valence-corrected chi connectivity index (χ2v) is 12.3. The van der Waals surface area contributed by atoms with Crippen LogP contribution in [-0.2, 0) is 29.0 Å². The van der Waals surface area contributed by atoms with E-state index in [-0.39, 0.29) is 30.7 Å². The van der Waals surface area contributed by atoms with Gasteiger partial charge in [-0.1, -0.05) is 28.7 Å². The molecular weight excluding hydrogens is 648 g/mol. The van der Waals surface area contributed by atoms with Gasteiger partial charge in [-0.3, -0.25) is 14.6 Å². The van der Waals surface area contributed by atoms with Crippen LogP contribution in [-0.4, -0.2) is 85.5 Å². The van der Waals surface area contributed by atoms with E-state index in [2.05, 4.69) is 56.5 Å². The number of nitrogens with zero attached hydrogens (tertiary/aromatic N) is 9. The number of benzene rings is 1. The van der Waals surface area contributed by atoms with Crippen LogP contribution >= 0.6 is 11.3 Å². The maximum absolute atomic E-state index is 12.6. The van der Waals surface area contributed by atoms with Crippen molar-refractivity contribution in [1.29, 1.82) is 0 Å². The van der Waals surface area contributed by atoms with Crippen molar-refractivity contribution >= 4 is 45.0 Å². The number of carbonyl (C=O) groups is 2. The molecule has 1 aliphatic heterocycles. The maximum atomic E-state index is 12.6. The Hall–Kier alpha value is -5.71. The van der Waals surface area contributed by atoms with E-state index in [1.54, 1.807) is 37.2 Å². The second-order valence-electron chi connectivity index (χ2n) is 11.3. The van der Waals surface area contributed by atoms with Crippen LogP contribution in [0.1, 0.15) is 36.2 Å². The van der Waals surface area contributed by atoms with Gasteiger partial charge in [-0.25, -0.2) is 4.68 Å². The Morgan fingerprint density at radius 2 is 1.71 bits per heavy atom. The maximum Gasteiger partial charge on any atom is 0.232 e. The van der Waals surface area contributed by atoms with Crippen LogP contribution in [0.4, 0.5) is 21.9 Å². The molecule has 4 aromatic heterocycles. The summed E-state index contributed by atoms with van der Waals surface area (Å²) in [6, 6.07) is 15.0. The van der Waals surface area contributed by atoms with Gasteiger partial charge in [0.25, 0.3) is 0 Å². The highest BCUT2D eigenvalue weighted by Gasteiger charge is 2.22. The molecule has 6 rings (SSSR count).